The van der Waals surface area contributed by atoms with Crippen molar-refractivity contribution in [3.8, 4) is 0 Å². The third-order valence-corrected chi connectivity index (χ3v) is 4.35. The van der Waals surface area contributed by atoms with E-state index in [1.807, 2.05) is 0 Å². The Morgan fingerprint density at radius 2 is 2.05 bits per heavy atom. The van der Waals surface area contributed by atoms with E-state index in [0.717, 1.165) is 5.56 Å². The average Bonchev–Trinajstić information content (AvgIpc) is 2.46. The van der Waals surface area contributed by atoms with Crippen molar-refractivity contribution >= 4 is 40.9 Å². The average molecular weight is 359 g/mol. The fourth-order valence-corrected chi connectivity index (χ4v) is 3.31. The lowest BCUT2D eigenvalue weighted by Gasteiger charge is -2.07. The van der Waals surface area contributed by atoms with Gasteiger partial charge in [-0.3, -0.25) is 9.59 Å². The van der Waals surface area contributed by atoms with Gasteiger partial charge in [-0.05, 0) is 17.7 Å². The van der Waals surface area contributed by atoms with Crippen LogP contribution < -0.4 is 5.56 Å². The van der Waals surface area contributed by atoms with Crippen molar-refractivity contribution in [3.63, 3.8) is 0 Å². The molecule has 0 saturated heterocycles. The Labute approximate surface area is 141 Å². The molecule has 2 aromatic rings. The second-order valence-corrected chi connectivity index (χ2v) is 6.06. The molecule has 0 saturated carbocycles. The van der Waals surface area contributed by atoms with Crippen molar-refractivity contribution < 1.29 is 9.53 Å². The Bertz CT molecular complexity index is 729. The number of hydrogen-bond donors (Lipinski definition) is 1. The zero-order valence-electron chi connectivity index (χ0n) is 11.6. The van der Waals surface area contributed by atoms with Gasteiger partial charge in [0.2, 0.25) is 0 Å². The molecule has 0 aliphatic rings. The maximum absolute atomic E-state index is 11.6. The van der Waals surface area contributed by atoms with Crippen LogP contribution in [0.4, 0.5) is 0 Å². The molecule has 0 aliphatic carbocycles. The standard InChI is InChI=1S/C14H12Cl2N2O3S/c1-21-13(20)6-8-5-12(19)18-14(17-8)22-7-9-10(15)3-2-4-11(9)16/h2-5H,6-7H2,1H3,(H,17,18,19). The van der Waals surface area contributed by atoms with Gasteiger partial charge in [-0.1, -0.05) is 41.0 Å². The minimum atomic E-state index is -0.455. The van der Waals surface area contributed by atoms with Gasteiger partial charge in [0, 0.05) is 21.9 Å². The molecule has 8 heteroatoms. The summed E-state index contributed by atoms with van der Waals surface area (Å²) < 4.78 is 4.56. The van der Waals surface area contributed by atoms with Crippen LogP contribution in [-0.4, -0.2) is 23.0 Å². The van der Waals surface area contributed by atoms with Gasteiger partial charge in [-0.25, -0.2) is 4.98 Å². The number of H-pyrrole nitrogens is 1. The van der Waals surface area contributed by atoms with E-state index in [1.165, 1.54) is 24.9 Å². The van der Waals surface area contributed by atoms with Gasteiger partial charge in [0.1, 0.15) is 0 Å². The fourth-order valence-electron chi connectivity index (χ4n) is 1.67. The number of carbonyl (C=O) groups excluding carboxylic acids is 1. The first-order chi connectivity index (χ1) is 10.5. The molecular weight excluding hydrogens is 347 g/mol. The number of esters is 1. The molecule has 0 amide bonds. The van der Waals surface area contributed by atoms with E-state index in [4.69, 9.17) is 23.2 Å². The summed E-state index contributed by atoms with van der Waals surface area (Å²) in [6.07, 6.45) is -0.0547. The second kappa shape index (κ2) is 7.67. The highest BCUT2D eigenvalue weighted by atomic mass is 35.5. The molecule has 0 bridgehead atoms. The van der Waals surface area contributed by atoms with Crippen LogP contribution >= 0.6 is 35.0 Å². The highest BCUT2D eigenvalue weighted by molar-refractivity contribution is 7.98. The molecule has 1 aromatic carbocycles. The van der Waals surface area contributed by atoms with Gasteiger partial charge in [0.05, 0.1) is 19.2 Å². The lowest BCUT2D eigenvalue weighted by atomic mass is 10.2. The van der Waals surface area contributed by atoms with Crippen LogP contribution in [0.1, 0.15) is 11.3 Å². The molecule has 0 radical (unpaired) electrons. The Balaban J connectivity index is 2.16. The third-order valence-electron chi connectivity index (χ3n) is 2.74. The number of hydrogen-bond acceptors (Lipinski definition) is 5. The summed E-state index contributed by atoms with van der Waals surface area (Å²) >= 11 is 13.5. The zero-order chi connectivity index (χ0) is 16.1. The number of rotatable bonds is 5. The smallest absolute Gasteiger partial charge is 0.311 e. The summed E-state index contributed by atoms with van der Waals surface area (Å²) in [5, 5.41) is 1.49. The number of nitrogens with one attached hydrogen (secondary N) is 1. The SMILES string of the molecule is COC(=O)Cc1cc(=O)[nH]c(SCc2c(Cl)cccc2Cl)n1. The van der Waals surface area contributed by atoms with Crippen LogP contribution in [0.15, 0.2) is 34.2 Å². The van der Waals surface area contributed by atoms with E-state index in [2.05, 4.69) is 14.7 Å². The molecule has 0 atom stereocenters. The maximum atomic E-state index is 11.6. The minimum absolute atomic E-state index is 0.0547. The van der Waals surface area contributed by atoms with Crippen molar-refractivity contribution in [3.05, 3.63) is 55.9 Å². The minimum Gasteiger partial charge on any atom is -0.469 e. The number of halogens is 2. The van der Waals surface area contributed by atoms with E-state index in [1.54, 1.807) is 18.2 Å². The molecule has 1 N–H and O–H groups in total. The highest BCUT2D eigenvalue weighted by Gasteiger charge is 2.10. The molecule has 0 spiro atoms. The maximum Gasteiger partial charge on any atom is 0.311 e. The number of carbonyl (C=O) groups is 1. The van der Waals surface area contributed by atoms with Crippen molar-refractivity contribution in [1.82, 2.24) is 9.97 Å². The monoisotopic (exact) mass is 358 g/mol. The molecule has 0 aliphatic heterocycles. The topological polar surface area (TPSA) is 72.1 Å². The molecule has 2 rings (SSSR count). The molecule has 22 heavy (non-hydrogen) atoms. The Kier molecular flexibility index (Phi) is 5.88. The van der Waals surface area contributed by atoms with Crippen LogP contribution in [-0.2, 0) is 21.7 Å². The Morgan fingerprint density at radius 1 is 1.36 bits per heavy atom. The Morgan fingerprint density at radius 3 is 2.68 bits per heavy atom. The lowest BCUT2D eigenvalue weighted by molar-refractivity contribution is -0.139. The van der Waals surface area contributed by atoms with Crippen LogP contribution in [0, 0.1) is 0 Å². The predicted octanol–water partition coefficient (Wildman–Crippen LogP) is 3.08. The van der Waals surface area contributed by atoms with Crippen LogP contribution in [0.5, 0.6) is 0 Å². The van der Waals surface area contributed by atoms with Gasteiger partial charge < -0.3 is 9.72 Å². The van der Waals surface area contributed by atoms with E-state index in [-0.39, 0.29) is 12.0 Å². The molecule has 0 fully saturated rings. The summed E-state index contributed by atoms with van der Waals surface area (Å²) in [4.78, 5) is 29.7. The normalized spacial score (nSPS) is 10.5. The highest BCUT2D eigenvalue weighted by Crippen LogP contribution is 2.29. The van der Waals surface area contributed by atoms with Crippen molar-refractivity contribution in [2.24, 2.45) is 0 Å². The summed E-state index contributed by atoms with van der Waals surface area (Å²) in [7, 11) is 1.28. The first-order valence-corrected chi connectivity index (χ1v) is 7.96. The number of nitrogens with zero attached hydrogens (tertiary/aromatic N) is 1. The summed E-state index contributed by atoms with van der Waals surface area (Å²) in [5.41, 5.74) is 0.780. The Hall–Kier alpha value is -1.50. The summed E-state index contributed by atoms with van der Waals surface area (Å²) in [5.74, 6) is -0.00783. The number of methoxy groups -OCH3 is 1. The van der Waals surface area contributed by atoms with Gasteiger partial charge >= 0.3 is 5.97 Å². The van der Waals surface area contributed by atoms with Gasteiger partial charge in [-0.15, -0.1) is 0 Å². The summed E-state index contributed by atoms with van der Waals surface area (Å²) in [6, 6.07) is 6.51. The van der Waals surface area contributed by atoms with Gasteiger partial charge in [0.15, 0.2) is 5.16 Å². The third kappa shape index (κ3) is 4.50. The van der Waals surface area contributed by atoms with Crippen LogP contribution in [0.2, 0.25) is 10.0 Å². The van der Waals surface area contributed by atoms with E-state index in [9.17, 15) is 9.59 Å². The molecule has 0 unspecified atom stereocenters. The second-order valence-electron chi connectivity index (χ2n) is 4.28. The van der Waals surface area contributed by atoms with Crippen molar-refractivity contribution in [2.75, 3.05) is 7.11 Å². The van der Waals surface area contributed by atoms with E-state index >= 15 is 0 Å². The number of ether oxygens (including phenoxy) is 1. The number of benzene rings is 1. The first kappa shape index (κ1) is 16.9. The van der Waals surface area contributed by atoms with E-state index in [0.29, 0.717) is 26.6 Å². The van der Waals surface area contributed by atoms with E-state index < -0.39 is 5.97 Å². The van der Waals surface area contributed by atoms with Gasteiger partial charge in [-0.2, -0.15) is 0 Å². The number of aromatic amines is 1. The first-order valence-electron chi connectivity index (χ1n) is 6.22. The molecule has 1 heterocycles. The van der Waals surface area contributed by atoms with Crippen LogP contribution in [0.3, 0.4) is 0 Å². The number of aromatic nitrogens is 2. The molecule has 5 nitrogen and oxygen atoms in total. The zero-order valence-corrected chi connectivity index (χ0v) is 13.9. The lowest BCUT2D eigenvalue weighted by Crippen LogP contribution is -2.13. The molecule has 1 aromatic heterocycles. The summed E-state index contributed by atoms with van der Waals surface area (Å²) in [6.45, 7) is 0. The predicted molar refractivity (Wildman–Crippen MR) is 86.6 cm³/mol. The quantitative estimate of drug-likeness (QED) is 0.505. The van der Waals surface area contributed by atoms with Crippen molar-refractivity contribution in [2.45, 2.75) is 17.3 Å². The fraction of sp³-hybridized carbons (Fsp3) is 0.214. The van der Waals surface area contributed by atoms with Crippen LogP contribution in [0.25, 0.3) is 0 Å². The number of thioether (sulfide) groups is 1. The van der Waals surface area contributed by atoms with Crippen molar-refractivity contribution in [1.29, 1.82) is 0 Å². The largest absolute Gasteiger partial charge is 0.469 e. The molecule has 116 valence electrons. The van der Waals surface area contributed by atoms with Gasteiger partial charge in [0.25, 0.3) is 5.56 Å². The molecular formula is C14H12Cl2N2O3S.